The Kier molecular flexibility index (Phi) is 1.70. The Morgan fingerprint density at radius 2 is 2.31 bits per heavy atom. The van der Waals surface area contributed by atoms with Gasteiger partial charge in [-0.2, -0.15) is 0 Å². The molecule has 2 rings (SSSR count). The van der Waals surface area contributed by atoms with Crippen molar-refractivity contribution in [2.45, 2.75) is 13.2 Å². The van der Waals surface area contributed by atoms with Gasteiger partial charge in [-0.05, 0) is 24.6 Å². The highest BCUT2D eigenvalue weighted by molar-refractivity contribution is 5.96. The summed E-state index contributed by atoms with van der Waals surface area (Å²) in [6.45, 7) is 1.91. The minimum Gasteiger partial charge on any atom is -0.453 e. The van der Waals surface area contributed by atoms with Gasteiger partial charge in [0.1, 0.15) is 5.75 Å². The molecule has 1 aliphatic rings. The second-order valence-corrected chi connectivity index (χ2v) is 2.96. The molecular weight excluding hydrogens is 170 g/mol. The molecule has 0 radical (unpaired) electrons. The Balaban J connectivity index is 2.42. The number of nitrogens with one attached hydrogen (secondary N) is 1. The van der Waals surface area contributed by atoms with Crippen LogP contribution in [0.4, 0.5) is 5.69 Å². The molecule has 1 amide bonds. The van der Waals surface area contributed by atoms with E-state index in [4.69, 9.17) is 9.84 Å². The third kappa shape index (κ3) is 1.36. The van der Waals surface area contributed by atoms with Crippen LogP contribution in [0.5, 0.6) is 5.75 Å². The van der Waals surface area contributed by atoms with Crippen LogP contribution >= 0.6 is 0 Å². The van der Waals surface area contributed by atoms with Crippen LogP contribution in [0.25, 0.3) is 0 Å². The average molecular weight is 179 g/mol. The molecule has 1 atom stereocenters. The molecule has 0 spiro atoms. The summed E-state index contributed by atoms with van der Waals surface area (Å²) in [5.74, 6) is -0.0317. The maximum absolute atomic E-state index is 11.0. The van der Waals surface area contributed by atoms with E-state index in [1.165, 1.54) is 0 Å². The Hall–Kier alpha value is -1.55. The first-order chi connectivity index (χ1) is 6.16. The zero-order chi connectivity index (χ0) is 9.42. The second kappa shape index (κ2) is 2.74. The fraction of sp³-hybridized carbons (Fsp3) is 0.222. The molecule has 0 saturated carbocycles. The highest BCUT2D eigenvalue weighted by Crippen LogP contribution is 2.29. The Morgan fingerprint density at radius 1 is 1.54 bits per heavy atom. The Bertz CT molecular complexity index is 362. The minimum atomic E-state index is -1.39. The zero-order valence-corrected chi connectivity index (χ0v) is 7.07. The molecule has 68 valence electrons. The summed E-state index contributed by atoms with van der Waals surface area (Å²) in [5.41, 5.74) is 1.63. The predicted octanol–water partition coefficient (Wildman–Crippen LogP) is 0.644. The molecule has 1 heterocycles. The lowest BCUT2D eigenvalue weighted by Gasteiger charge is -2.22. The summed E-state index contributed by atoms with van der Waals surface area (Å²) in [6.07, 6.45) is -1.39. The number of rotatable bonds is 0. The van der Waals surface area contributed by atoms with E-state index in [0.29, 0.717) is 11.4 Å². The molecule has 1 aromatic rings. The number of anilines is 1. The molecule has 0 bridgehead atoms. The van der Waals surface area contributed by atoms with Crippen molar-refractivity contribution in [3.05, 3.63) is 23.8 Å². The van der Waals surface area contributed by atoms with Gasteiger partial charge in [0.2, 0.25) is 0 Å². The number of aliphatic hydroxyl groups is 1. The summed E-state index contributed by atoms with van der Waals surface area (Å²) < 4.78 is 4.94. The van der Waals surface area contributed by atoms with Crippen molar-refractivity contribution in [3.63, 3.8) is 0 Å². The van der Waals surface area contributed by atoms with E-state index in [1.807, 2.05) is 13.0 Å². The normalized spacial score (nSPS) is 20.2. The number of carbonyl (C=O) groups is 1. The summed E-state index contributed by atoms with van der Waals surface area (Å²) in [6, 6.07) is 5.36. The first-order valence-electron chi connectivity index (χ1n) is 3.93. The molecule has 0 fully saturated rings. The molecule has 2 N–H and O–H groups in total. The highest BCUT2D eigenvalue weighted by Gasteiger charge is 2.24. The maximum atomic E-state index is 11.0. The fourth-order valence-electron chi connectivity index (χ4n) is 1.21. The van der Waals surface area contributed by atoms with E-state index >= 15 is 0 Å². The van der Waals surface area contributed by atoms with Gasteiger partial charge in [-0.1, -0.05) is 6.07 Å². The zero-order valence-electron chi connectivity index (χ0n) is 7.07. The van der Waals surface area contributed by atoms with Gasteiger partial charge < -0.3 is 15.2 Å². The second-order valence-electron chi connectivity index (χ2n) is 2.96. The van der Waals surface area contributed by atoms with Crippen molar-refractivity contribution in [3.8, 4) is 5.75 Å². The van der Waals surface area contributed by atoms with E-state index < -0.39 is 12.2 Å². The molecule has 1 unspecified atom stereocenters. The number of aryl methyl sites for hydroxylation is 1. The monoisotopic (exact) mass is 179 g/mol. The van der Waals surface area contributed by atoms with Crippen molar-refractivity contribution in [2.75, 3.05) is 5.32 Å². The van der Waals surface area contributed by atoms with Gasteiger partial charge in [0.15, 0.2) is 0 Å². The van der Waals surface area contributed by atoms with Crippen LogP contribution in [0, 0.1) is 6.92 Å². The largest absolute Gasteiger partial charge is 0.453 e. The SMILES string of the molecule is Cc1ccc2c(c1)NC(=O)C(O)O2. The molecule has 4 heteroatoms. The van der Waals surface area contributed by atoms with Crippen LogP contribution in [0.3, 0.4) is 0 Å². The standard InChI is InChI=1S/C9H9NO3/c1-5-2-3-7-6(4-5)10-8(11)9(12)13-7/h2-4,9,12H,1H3,(H,10,11). The average Bonchev–Trinajstić information content (AvgIpc) is 2.08. The number of hydrogen-bond acceptors (Lipinski definition) is 3. The van der Waals surface area contributed by atoms with Crippen LogP contribution in [0.1, 0.15) is 5.56 Å². The number of aliphatic hydroxyl groups excluding tert-OH is 1. The summed E-state index contributed by atoms with van der Waals surface area (Å²) in [5, 5.41) is 11.6. The van der Waals surface area contributed by atoms with Crippen LogP contribution in [-0.4, -0.2) is 17.3 Å². The van der Waals surface area contributed by atoms with E-state index in [9.17, 15) is 4.79 Å². The van der Waals surface area contributed by atoms with Gasteiger partial charge in [-0.25, -0.2) is 0 Å². The van der Waals surface area contributed by atoms with Crippen molar-refractivity contribution in [1.29, 1.82) is 0 Å². The summed E-state index contributed by atoms with van der Waals surface area (Å²) >= 11 is 0. The topological polar surface area (TPSA) is 58.6 Å². The number of ether oxygens (including phenoxy) is 1. The van der Waals surface area contributed by atoms with Gasteiger partial charge >= 0.3 is 0 Å². The lowest BCUT2D eigenvalue weighted by molar-refractivity contribution is -0.139. The van der Waals surface area contributed by atoms with Crippen molar-refractivity contribution < 1.29 is 14.6 Å². The molecule has 0 aliphatic carbocycles. The van der Waals surface area contributed by atoms with Crippen molar-refractivity contribution in [2.24, 2.45) is 0 Å². The third-order valence-electron chi connectivity index (χ3n) is 1.86. The molecule has 0 aromatic heterocycles. The highest BCUT2D eigenvalue weighted by atomic mass is 16.6. The first kappa shape index (κ1) is 8.07. The molecular formula is C9H9NO3. The fourth-order valence-corrected chi connectivity index (χ4v) is 1.21. The van der Waals surface area contributed by atoms with E-state index in [-0.39, 0.29) is 0 Å². The number of hydrogen-bond donors (Lipinski definition) is 2. The van der Waals surface area contributed by atoms with Crippen LogP contribution < -0.4 is 10.1 Å². The molecule has 4 nitrogen and oxygen atoms in total. The van der Waals surface area contributed by atoms with E-state index in [0.717, 1.165) is 5.56 Å². The molecule has 0 saturated heterocycles. The van der Waals surface area contributed by atoms with Crippen molar-refractivity contribution >= 4 is 11.6 Å². The van der Waals surface area contributed by atoms with Crippen molar-refractivity contribution in [1.82, 2.24) is 0 Å². The lowest BCUT2D eigenvalue weighted by atomic mass is 10.2. The van der Waals surface area contributed by atoms with Gasteiger partial charge in [0.25, 0.3) is 12.2 Å². The Morgan fingerprint density at radius 3 is 3.08 bits per heavy atom. The van der Waals surface area contributed by atoms with Gasteiger partial charge in [-0.15, -0.1) is 0 Å². The van der Waals surface area contributed by atoms with E-state index in [2.05, 4.69) is 5.32 Å². The minimum absolute atomic E-state index is 0.498. The van der Waals surface area contributed by atoms with Crippen LogP contribution in [0.2, 0.25) is 0 Å². The molecule has 1 aromatic carbocycles. The Labute approximate surface area is 75.1 Å². The smallest absolute Gasteiger partial charge is 0.293 e. The summed E-state index contributed by atoms with van der Waals surface area (Å²) in [7, 11) is 0. The van der Waals surface area contributed by atoms with Crippen LogP contribution in [-0.2, 0) is 4.79 Å². The molecule has 1 aliphatic heterocycles. The quantitative estimate of drug-likeness (QED) is 0.614. The van der Waals surface area contributed by atoms with Gasteiger partial charge in [0.05, 0.1) is 5.69 Å². The van der Waals surface area contributed by atoms with Crippen LogP contribution in [0.15, 0.2) is 18.2 Å². The maximum Gasteiger partial charge on any atom is 0.293 e. The third-order valence-corrected chi connectivity index (χ3v) is 1.86. The number of fused-ring (bicyclic) bond motifs is 1. The predicted molar refractivity (Wildman–Crippen MR) is 46.4 cm³/mol. The summed E-state index contributed by atoms with van der Waals surface area (Å²) in [4.78, 5) is 11.0. The number of carbonyl (C=O) groups excluding carboxylic acids is 1. The first-order valence-corrected chi connectivity index (χ1v) is 3.93. The van der Waals surface area contributed by atoms with Gasteiger partial charge in [0, 0.05) is 0 Å². The molecule has 13 heavy (non-hydrogen) atoms. The number of benzene rings is 1. The number of amides is 1. The van der Waals surface area contributed by atoms with E-state index in [1.54, 1.807) is 12.1 Å². The lowest BCUT2D eigenvalue weighted by Crippen LogP contribution is -2.36. The van der Waals surface area contributed by atoms with Gasteiger partial charge in [-0.3, -0.25) is 4.79 Å².